The van der Waals surface area contributed by atoms with Gasteiger partial charge in [0, 0.05) is 18.8 Å². The number of hydrogen-bond donors (Lipinski definition) is 1. The first kappa shape index (κ1) is 20.1. The molecule has 0 bridgehead atoms. The van der Waals surface area contributed by atoms with Gasteiger partial charge >= 0.3 is 0 Å². The van der Waals surface area contributed by atoms with E-state index in [-0.39, 0.29) is 24.4 Å². The monoisotopic (exact) mass is 379 g/mol. The van der Waals surface area contributed by atoms with Crippen molar-refractivity contribution in [3.63, 3.8) is 0 Å². The molecule has 28 heavy (non-hydrogen) atoms. The third-order valence-electron chi connectivity index (χ3n) is 5.60. The number of benzene rings is 2. The van der Waals surface area contributed by atoms with Gasteiger partial charge in [-0.1, -0.05) is 42.5 Å². The van der Waals surface area contributed by atoms with Crippen LogP contribution in [0, 0.1) is 13.8 Å². The summed E-state index contributed by atoms with van der Waals surface area (Å²) in [7, 11) is 1.82. The molecule has 1 heterocycles. The molecule has 0 saturated heterocycles. The average molecular weight is 380 g/mol. The van der Waals surface area contributed by atoms with Crippen molar-refractivity contribution < 1.29 is 9.59 Å². The van der Waals surface area contributed by atoms with Crippen molar-refractivity contribution in [2.45, 2.75) is 39.8 Å². The number of carbonyl (C=O) groups is 2. The topological polar surface area (TPSA) is 52.7 Å². The average Bonchev–Trinajstić information content (AvgIpc) is 2.69. The minimum absolute atomic E-state index is 0.0666. The number of aryl methyl sites for hydroxylation is 2. The highest BCUT2D eigenvalue weighted by Gasteiger charge is 2.27. The van der Waals surface area contributed by atoms with Crippen molar-refractivity contribution in [2.24, 2.45) is 0 Å². The first-order valence-corrected chi connectivity index (χ1v) is 9.78. The summed E-state index contributed by atoms with van der Waals surface area (Å²) in [5.41, 5.74) is 5.46. The van der Waals surface area contributed by atoms with Crippen LogP contribution in [0.3, 0.4) is 0 Å². The summed E-state index contributed by atoms with van der Waals surface area (Å²) < 4.78 is 0. The summed E-state index contributed by atoms with van der Waals surface area (Å²) >= 11 is 0. The SMILES string of the molecule is Cc1cccc(C)c1NC(=O)CN(C)[C@@H](C)C(=O)N1CCc2ccccc2C1. The molecule has 1 aliphatic rings. The summed E-state index contributed by atoms with van der Waals surface area (Å²) in [6.07, 6.45) is 0.880. The Bertz CT molecular complexity index is 858. The first-order valence-electron chi connectivity index (χ1n) is 9.78. The van der Waals surface area contributed by atoms with Crippen LogP contribution < -0.4 is 5.32 Å². The summed E-state index contributed by atoms with van der Waals surface area (Å²) in [4.78, 5) is 29.2. The van der Waals surface area contributed by atoms with Gasteiger partial charge in [0.2, 0.25) is 11.8 Å². The maximum absolute atomic E-state index is 12.9. The van der Waals surface area contributed by atoms with E-state index < -0.39 is 0 Å². The number of nitrogens with zero attached hydrogens (tertiary/aromatic N) is 2. The van der Waals surface area contributed by atoms with Crippen LogP contribution >= 0.6 is 0 Å². The normalized spacial score (nSPS) is 14.5. The largest absolute Gasteiger partial charge is 0.337 e. The van der Waals surface area contributed by atoms with E-state index in [0.717, 1.165) is 29.8 Å². The third kappa shape index (κ3) is 4.42. The van der Waals surface area contributed by atoms with Crippen LogP contribution in [0.25, 0.3) is 0 Å². The van der Waals surface area contributed by atoms with E-state index in [1.165, 1.54) is 11.1 Å². The zero-order chi connectivity index (χ0) is 20.3. The molecule has 5 nitrogen and oxygen atoms in total. The minimum Gasteiger partial charge on any atom is -0.337 e. The highest BCUT2D eigenvalue weighted by Crippen LogP contribution is 2.21. The number of rotatable bonds is 5. The van der Waals surface area contributed by atoms with Gasteiger partial charge in [-0.05, 0) is 56.5 Å². The molecular formula is C23H29N3O2. The van der Waals surface area contributed by atoms with Gasteiger partial charge in [-0.3, -0.25) is 14.5 Å². The molecule has 148 valence electrons. The van der Waals surface area contributed by atoms with Crippen LogP contribution in [0.5, 0.6) is 0 Å². The van der Waals surface area contributed by atoms with E-state index in [9.17, 15) is 9.59 Å². The lowest BCUT2D eigenvalue weighted by atomic mass is 9.99. The summed E-state index contributed by atoms with van der Waals surface area (Å²) in [5.74, 6) is -0.0413. The van der Waals surface area contributed by atoms with Crippen molar-refractivity contribution >= 4 is 17.5 Å². The molecule has 0 radical (unpaired) electrons. The second-order valence-electron chi connectivity index (χ2n) is 7.68. The predicted molar refractivity (Wildman–Crippen MR) is 112 cm³/mol. The van der Waals surface area contributed by atoms with Gasteiger partial charge in [0.25, 0.3) is 0 Å². The van der Waals surface area contributed by atoms with Crippen LogP contribution in [0.15, 0.2) is 42.5 Å². The van der Waals surface area contributed by atoms with E-state index in [0.29, 0.717) is 6.54 Å². The molecule has 2 amide bonds. The van der Waals surface area contributed by atoms with Crippen molar-refractivity contribution in [3.05, 3.63) is 64.7 Å². The molecule has 2 aromatic rings. The number of anilines is 1. The predicted octanol–water partition coefficient (Wildman–Crippen LogP) is 3.15. The number of hydrogen-bond acceptors (Lipinski definition) is 3. The smallest absolute Gasteiger partial charge is 0.239 e. The van der Waals surface area contributed by atoms with Gasteiger partial charge in [-0.25, -0.2) is 0 Å². The van der Waals surface area contributed by atoms with E-state index >= 15 is 0 Å². The summed E-state index contributed by atoms with van der Waals surface area (Å²) in [6.45, 7) is 7.37. The Hall–Kier alpha value is -2.66. The minimum atomic E-state index is -0.353. The second-order valence-corrected chi connectivity index (χ2v) is 7.68. The maximum atomic E-state index is 12.9. The van der Waals surface area contributed by atoms with Gasteiger partial charge in [0.05, 0.1) is 12.6 Å². The van der Waals surface area contributed by atoms with Crippen LogP contribution in [-0.2, 0) is 22.6 Å². The van der Waals surface area contributed by atoms with Crippen LogP contribution in [0.4, 0.5) is 5.69 Å². The molecule has 0 spiro atoms. The van der Waals surface area contributed by atoms with Gasteiger partial charge in [0.1, 0.15) is 0 Å². The number of likely N-dealkylation sites (N-methyl/N-ethyl adjacent to an activating group) is 1. The van der Waals surface area contributed by atoms with Crippen molar-refractivity contribution in [2.75, 3.05) is 25.5 Å². The molecule has 0 saturated carbocycles. The number of fused-ring (bicyclic) bond motifs is 1. The Labute approximate surface area is 167 Å². The molecule has 3 rings (SSSR count). The Morgan fingerprint density at radius 3 is 2.39 bits per heavy atom. The fourth-order valence-corrected chi connectivity index (χ4v) is 3.69. The van der Waals surface area contributed by atoms with Crippen LogP contribution in [-0.4, -0.2) is 47.8 Å². The van der Waals surface area contributed by atoms with E-state index in [2.05, 4.69) is 17.4 Å². The highest BCUT2D eigenvalue weighted by atomic mass is 16.2. The molecule has 0 aliphatic carbocycles. The lowest BCUT2D eigenvalue weighted by molar-refractivity contribution is -0.137. The van der Waals surface area contributed by atoms with E-state index in [4.69, 9.17) is 0 Å². The standard InChI is InChI=1S/C23H29N3O2/c1-16-8-7-9-17(2)22(16)24-21(27)15-25(4)18(3)23(28)26-13-12-19-10-5-6-11-20(19)14-26/h5-11,18H,12-15H2,1-4H3,(H,24,27)/t18-/m0/s1. The first-order chi connectivity index (χ1) is 13.4. The number of para-hydroxylation sites is 1. The quantitative estimate of drug-likeness (QED) is 0.868. The third-order valence-corrected chi connectivity index (χ3v) is 5.60. The zero-order valence-corrected chi connectivity index (χ0v) is 17.2. The highest BCUT2D eigenvalue weighted by molar-refractivity contribution is 5.94. The zero-order valence-electron chi connectivity index (χ0n) is 17.2. The molecule has 0 aromatic heterocycles. The fraction of sp³-hybridized carbons (Fsp3) is 0.391. The molecule has 2 aromatic carbocycles. The van der Waals surface area contributed by atoms with Gasteiger partial charge < -0.3 is 10.2 Å². The lowest BCUT2D eigenvalue weighted by Gasteiger charge is -2.33. The molecule has 0 fully saturated rings. The summed E-state index contributed by atoms with van der Waals surface area (Å²) in [5, 5.41) is 2.99. The van der Waals surface area contributed by atoms with Crippen molar-refractivity contribution in [1.29, 1.82) is 0 Å². The fourth-order valence-electron chi connectivity index (χ4n) is 3.69. The molecule has 5 heteroatoms. The number of carbonyl (C=O) groups excluding carboxylic acids is 2. The Morgan fingerprint density at radius 2 is 1.71 bits per heavy atom. The summed E-state index contributed by atoms with van der Waals surface area (Å²) in [6, 6.07) is 13.9. The molecule has 1 atom stereocenters. The van der Waals surface area contributed by atoms with Crippen LogP contribution in [0.2, 0.25) is 0 Å². The van der Waals surface area contributed by atoms with Gasteiger partial charge in [-0.15, -0.1) is 0 Å². The Balaban J connectivity index is 1.59. The number of amides is 2. The van der Waals surface area contributed by atoms with Gasteiger partial charge in [0.15, 0.2) is 0 Å². The lowest BCUT2D eigenvalue weighted by Crippen LogP contribution is -2.49. The molecule has 1 aliphatic heterocycles. The maximum Gasteiger partial charge on any atom is 0.239 e. The molecule has 1 N–H and O–H groups in total. The van der Waals surface area contributed by atoms with Crippen LogP contribution in [0.1, 0.15) is 29.2 Å². The van der Waals surface area contributed by atoms with Gasteiger partial charge in [-0.2, -0.15) is 0 Å². The molecule has 0 unspecified atom stereocenters. The Kier molecular flexibility index (Phi) is 6.15. The van der Waals surface area contributed by atoms with Crippen molar-refractivity contribution in [3.8, 4) is 0 Å². The molecular weight excluding hydrogens is 350 g/mol. The van der Waals surface area contributed by atoms with E-state index in [1.54, 1.807) is 0 Å². The van der Waals surface area contributed by atoms with E-state index in [1.807, 2.05) is 68.0 Å². The van der Waals surface area contributed by atoms with Crippen molar-refractivity contribution in [1.82, 2.24) is 9.80 Å². The second kappa shape index (κ2) is 8.57. The number of nitrogens with one attached hydrogen (secondary N) is 1. The Morgan fingerprint density at radius 1 is 1.07 bits per heavy atom.